The van der Waals surface area contributed by atoms with E-state index in [1.54, 1.807) is 11.8 Å². The lowest BCUT2D eigenvalue weighted by Gasteiger charge is -2.16. The summed E-state index contributed by atoms with van der Waals surface area (Å²) in [5, 5.41) is 5.01. The summed E-state index contributed by atoms with van der Waals surface area (Å²) in [7, 11) is 0. The van der Waals surface area contributed by atoms with Crippen LogP contribution in [0.25, 0.3) is 0 Å². The number of ether oxygens (including phenoxy) is 1. The topological polar surface area (TPSA) is 21.3 Å². The van der Waals surface area contributed by atoms with Gasteiger partial charge in [0.05, 0.1) is 11.6 Å². The highest BCUT2D eigenvalue weighted by Gasteiger charge is 2.07. The van der Waals surface area contributed by atoms with Gasteiger partial charge in [-0.05, 0) is 55.7 Å². The van der Waals surface area contributed by atoms with Crippen molar-refractivity contribution in [2.75, 3.05) is 24.8 Å². The zero-order valence-electron chi connectivity index (χ0n) is 16.2. The lowest BCUT2D eigenvalue weighted by molar-refractivity contribution is 0.304. The molecule has 154 valence electrons. The Kier molecular flexibility index (Phi) is 11.5. The molecule has 1 unspecified atom stereocenters. The van der Waals surface area contributed by atoms with E-state index < -0.39 is 0 Å². The molecular formula is C22H28Cl3NOS. The molecule has 0 aliphatic rings. The van der Waals surface area contributed by atoms with Gasteiger partial charge in [0.15, 0.2) is 0 Å². The van der Waals surface area contributed by atoms with E-state index in [0.29, 0.717) is 5.02 Å². The van der Waals surface area contributed by atoms with Crippen molar-refractivity contribution in [3.05, 3.63) is 58.1 Å². The Balaban J connectivity index is 1.71. The molecule has 0 aliphatic heterocycles. The number of hydrogen-bond donors (Lipinski definition) is 1. The van der Waals surface area contributed by atoms with E-state index in [2.05, 4.69) is 30.4 Å². The number of alkyl halides is 1. The van der Waals surface area contributed by atoms with E-state index in [4.69, 9.17) is 39.5 Å². The molecule has 2 aromatic rings. The maximum Gasteiger partial charge on any atom is 0.119 e. The smallest absolute Gasteiger partial charge is 0.119 e. The largest absolute Gasteiger partial charge is 0.494 e. The van der Waals surface area contributed by atoms with Gasteiger partial charge in [0.25, 0.3) is 0 Å². The van der Waals surface area contributed by atoms with Gasteiger partial charge in [-0.25, -0.2) is 0 Å². The van der Waals surface area contributed by atoms with Crippen LogP contribution in [-0.4, -0.2) is 24.8 Å². The summed E-state index contributed by atoms with van der Waals surface area (Å²) in [6.07, 6.45) is 4.49. The van der Waals surface area contributed by atoms with Gasteiger partial charge in [-0.3, -0.25) is 0 Å². The minimum atomic E-state index is 0.253. The second-order valence-corrected chi connectivity index (χ2v) is 8.98. The van der Waals surface area contributed by atoms with Crippen LogP contribution in [0.2, 0.25) is 10.0 Å². The monoisotopic (exact) mass is 459 g/mol. The lowest BCUT2D eigenvalue weighted by Crippen LogP contribution is -2.21. The molecule has 0 saturated heterocycles. The summed E-state index contributed by atoms with van der Waals surface area (Å²) in [5.74, 6) is 2.60. The lowest BCUT2D eigenvalue weighted by atomic mass is 10.1. The van der Waals surface area contributed by atoms with E-state index in [9.17, 15) is 0 Å². The molecular weight excluding hydrogens is 433 g/mol. The van der Waals surface area contributed by atoms with E-state index in [1.807, 2.05) is 24.3 Å². The average Bonchev–Trinajstić information content (AvgIpc) is 2.70. The van der Waals surface area contributed by atoms with Gasteiger partial charge in [0, 0.05) is 34.1 Å². The summed E-state index contributed by atoms with van der Waals surface area (Å²) < 4.78 is 5.89. The van der Waals surface area contributed by atoms with Crippen LogP contribution >= 0.6 is 46.6 Å². The highest BCUT2D eigenvalue weighted by atomic mass is 35.5. The standard InChI is InChI=1S/C22H28Cl3NOS/c1-17(26-12-14-28-22-16-19(24)9-10-21(22)25)18-7-6-8-20(15-18)27-13-5-3-2-4-11-23/h6-10,15-17,26H,2-5,11-14H2,1H3. The van der Waals surface area contributed by atoms with Crippen molar-refractivity contribution in [2.24, 2.45) is 0 Å². The van der Waals surface area contributed by atoms with Gasteiger partial charge in [-0.1, -0.05) is 48.2 Å². The fourth-order valence-electron chi connectivity index (χ4n) is 2.76. The van der Waals surface area contributed by atoms with E-state index in [1.165, 1.54) is 18.4 Å². The van der Waals surface area contributed by atoms with Gasteiger partial charge >= 0.3 is 0 Å². The molecule has 6 heteroatoms. The van der Waals surface area contributed by atoms with Crippen LogP contribution < -0.4 is 10.1 Å². The van der Waals surface area contributed by atoms with Crippen molar-refractivity contribution < 1.29 is 4.74 Å². The Hall–Kier alpha value is -0.580. The molecule has 1 N–H and O–H groups in total. The highest BCUT2D eigenvalue weighted by molar-refractivity contribution is 7.99. The Morgan fingerprint density at radius 1 is 1.04 bits per heavy atom. The average molecular weight is 461 g/mol. The quantitative estimate of drug-likeness (QED) is 0.189. The molecule has 2 rings (SSSR count). The molecule has 0 amide bonds. The predicted molar refractivity (Wildman–Crippen MR) is 125 cm³/mol. The third-order valence-electron chi connectivity index (χ3n) is 4.36. The maximum absolute atomic E-state index is 6.21. The van der Waals surface area contributed by atoms with Crippen LogP contribution in [0.4, 0.5) is 0 Å². The third kappa shape index (κ3) is 8.84. The number of unbranched alkanes of at least 4 members (excludes halogenated alkanes) is 3. The van der Waals surface area contributed by atoms with Gasteiger partial charge in [-0.15, -0.1) is 23.4 Å². The number of hydrogen-bond acceptors (Lipinski definition) is 3. The zero-order chi connectivity index (χ0) is 20.2. The van der Waals surface area contributed by atoms with Crippen molar-refractivity contribution in [3.8, 4) is 5.75 Å². The van der Waals surface area contributed by atoms with Gasteiger partial charge in [0.2, 0.25) is 0 Å². The second kappa shape index (κ2) is 13.6. The first kappa shape index (κ1) is 23.7. The van der Waals surface area contributed by atoms with Crippen molar-refractivity contribution in [1.29, 1.82) is 0 Å². The third-order valence-corrected chi connectivity index (χ3v) is 6.36. The Labute approximate surface area is 188 Å². The molecule has 0 spiro atoms. The Morgan fingerprint density at radius 2 is 1.86 bits per heavy atom. The number of thioether (sulfide) groups is 1. The van der Waals surface area contributed by atoms with Gasteiger partial charge in [0.1, 0.15) is 5.75 Å². The molecule has 0 bridgehead atoms. The molecule has 0 heterocycles. The summed E-state index contributed by atoms with van der Waals surface area (Å²) in [6.45, 7) is 3.80. The molecule has 0 fully saturated rings. The van der Waals surface area contributed by atoms with E-state index in [0.717, 1.165) is 53.3 Å². The first-order valence-corrected chi connectivity index (χ1v) is 12.0. The summed E-state index contributed by atoms with van der Waals surface area (Å²) in [4.78, 5) is 1.02. The number of benzene rings is 2. The van der Waals surface area contributed by atoms with E-state index >= 15 is 0 Å². The molecule has 0 aliphatic carbocycles. The maximum atomic E-state index is 6.21. The van der Waals surface area contributed by atoms with Crippen molar-refractivity contribution >= 4 is 46.6 Å². The van der Waals surface area contributed by atoms with Crippen LogP contribution in [0.15, 0.2) is 47.4 Å². The minimum absolute atomic E-state index is 0.253. The van der Waals surface area contributed by atoms with Crippen molar-refractivity contribution in [3.63, 3.8) is 0 Å². The molecule has 2 aromatic carbocycles. The normalized spacial score (nSPS) is 12.1. The molecule has 0 saturated carbocycles. The minimum Gasteiger partial charge on any atom is -0.494 e. The molecule has 0 radical (unpaired) electrons. The summed E-state index contributed by atoms with van der Waals surface area (Å²) >= 11 is 19.7. The van der Waals surface area contributed by atoms with Crippen molar-refractivity contribution in [1.82, 2.24) is 5.32 Å². The Morgan fingerprint density at radius 3 is 2.68 bits per heavy atom. The number of rotatable bonds is 13. The predicted octanol–water partition coefficient (Wildman–Crippen LogP) is 7.61. The molecule has 2 nitrogen and oxygen atoms in total. The molecule has 0 aromatic heterocycles. The number of nitrogens with one attached hydrogen (secondary N) is 1. The summed E-state index contributed by atoms with van der Waals surface area (Å²) in [6, 6.07) is 14.1. The fraction of sp³-hybridized carbons (Fsp3) is 0.455. The zero-order valence-corrected chi connectivity index (χ0v) is 19.3. The van der Waals surface area contributed by atoms with Crippen molar-refractivity contribution in [2.45, 2.75) is 43.5 Å². The number of halogens is 3. The second-order valence-electron chi connectivity index (χ2n) is 6.62. The first-order chi connectivity index (χ1) is 13.6. The van der Waals surface area contributed by atoms with Crippen LogP contribution in [0.1, 0.15) is 44.2 Å². The summed E-state index contributed by atoms with van der Waals surface area (Å²) in [5.41, 5.74) is 1.23. The van der Waals surface area contributed by atoms with Crippen LogP contribution in [0.5, 0.6) is 5.75 Å². The van der Waals surface area contributed by atoms with Gasteiger partial charge in [-0.2, -0.15) is 0 Å². The first-order valence-electron chi connectivity index (χ1n) is 9.70. The SMILES string of the molecule is CC(NCCSc1cc(Cl)ccc1Cl)c1cccc(OCCCCCCCl)c1. The van der Waals surface area contributed by atoms with Gasteiger partial charge < -0.3 is 10.1 Å². The van der Waals surface area contributed by atoms with Crippen LogP contribution in [-0.2, 0) is 0 Å². The Bertz CT molecular complexity index is 714. The van der Waals surface area contributed by atoms with Crippen LogP contribution in [0.3, 0.4) is 0 Å². The van der Waals surface area contributed by atoms with E-state index in [-0.39, 0.29) is 6.04 Å². The fourth-order valence-corrected chi connectivity index (χ4v) is 4.32. The molecule has 28 heavy (non-hydrogen) atoms. The van der Waals surface area contributed by atoms with Crippen LogP contribution in [0, 0.1) is 0 Å². The molecule has 1 atom stereocenters. The highest BCUT2D eigenvalue weighted by Crippen LogP contribution is 2.29.